The molecule has 0 spiro atoms. The van der Waals surface area contributed by atoms with Gasteiger partial charge in [-0.25, -0.2) is 8.42 Å². The summed E-state index contributed by atoms with van der Waals surface area (Å²) >= 11 is 0. The summed E-state index contributed by atoms with van der Waals surface area (Å²) in [6, 6.07) is -0.875. The number of carboxylic acid groups (broad SMARTS) is 1. The molecule has 1 N–H and O–H groups in total. The van der Waals surface area contributed by atoms with Crippen LogP contribution >= 0.6 is 0 Å². The van der Waals surface area contributed by atoms with Crippen molar-refractivity contribution in [2.45, 2.75) is 25.3 Å². The molecule has 1 aliphatic heterocycles. The smallest absolute Gasteiger partial charge is 0.322 e. The third kappa shape index (κ3) is 2.79. The van der Waals surface area contributed by atoms with E-state index >= 15 is 0 Å². The number of hydrogen-bond acceptors (Lipinski definition) is 3. The maximum atomic E-state index is 11.7. The molecule has 1 aliphatic rings. The van der Waals surface area contributed by atoms with Crippen LogP contribution in [-0.4, -0.2) is 42.1 Å². The molecule has 0 radical (unpaired) electrons. The summed E-state index contributed by atoms with van der Waals surface area (Å²) in [6.07, 6.45) is 2.89. The van der Waals surface area contributed by atoms with Crippen LogP contribution in [0.3, 0.4) is 0 Å². The largest absolute Gasteiger partial charge is 0.480 e. The molecule has 1 heterocycles. The maximum absolute atomic E-state index is 11.7. The highest BCUT2D eigenvalue weighted by Crippen LogP contribution is 2.21. The van der Waals surface area contributed by atoms with Crippen LogP contribution < -0.4 is 0 Å². The zero-order valence-electron chi connectivity index (χ0n) is 8.42. The average molecular weight is 233 g/mol. The Kier molecular flexibility index (Phi) is 3.87. The van der Waals surface area contributed by atoms with Gasteiger partial charge in [0.25, 0.3) is 0 Å². The quantitative estimate of drug-likeness (QED) is 0.699. The van der Waals surface area contributed by atoms with Crippen molar-refractivity contribution in [3.63, 3.8) is 0 Å². The maximum Gasteiger partial charge on any atom is 0.322 e. The molecule has 0 bridgehead atoms. The summed E-state index contributed by atoms with van der Waals surface area (Å²) in [5, 5.41) is 8.85. The van der Waals surface area contributed by atoms with Crippen LogP contribution in [0.2, 0.25) is 0 Å². The van der Waals surface area contributed by atoms with Crippen molar-refractivity contribution in [1.29, 1.82) is 0 Å². The van der Waals surface area contributed by atoms with Crippen LogP contribution in [0.25, 0.3) is 0 Å². The molecule has 0 amide bonds. The van der Waals surface area contributed by atoms with Crippen molar-refractivity contribution in [2.75, 3.05) is 12.3 Å². The van der Waals surface area contributed by atoms with E-state index in [1.165, 1.54) is 6.08 Å². The second-order valence-corrected chi connectivity index (χ2v) is 5.54. The zero-order valence-corrected chi connectivity index (χ0v) is 9.24. The highest BCUT2D eigenvalue weighted by molar-refractivity contribution is 7.89. The standard InChI is InChI=1S/C9H15NO4S/c1-2-3-7-15(13,14)10-6-4-5-8(10)9(11)12/h2,8H,1,3-7H2,(H,11,12)/t8-/m0/s1. The number of allylic oxidation sites excluding steroid dienone is 1. The lowest BCUT2D eigenvalue weighted by atomic mass is 10.2. The SMILES string of the molecule is C=CCCS(=O)(=O)N1CCC[C@H]1C(=O)O. The molecular weight excluding hydrogens is 218 g/mol. The van der Waals surface area contributed by atoms with E-state index in [1.807, 2.05) is 0 Å². The predicted octanol–water partition coefficient (Wildman–Crippen LogP) is 0.441. The summed E-state index contributed by atoms with van der Waals surface area (Å²) in [5.41, 5.74) is 0. The van der Waals surface area contributed by atoms with Gasteiger partial charge in [-0.2, -0.15) is 4.31 Å². The molecule has 0 aromatic carbocycles. The van der Waals surface area contributed by atoms with Crippen molar-refractivity contribution in [1.82, 2.24) is 4.31 Å². The molecule has 6 heteroatoms. The molecule has 0 aromatic rings. The lowest BCUT2D eigenvalue weighted by Crippen LogP contribution is -2.41. The van der Waals surface area contributed by atoms with Crippen molar-refractivity contribution < 1.29 is 18.3 Å². The Morgan fingerprint density at radius 3 is 2.80 bits per heavy atom. The first-order valence-electron chi connectivity index (χ1n) is 4.82. The Labute approximate surface area is 89.4 Å². The Morgan fingerprint density at radius 1 is 1.60 bits per heavy atom. The average Bonchev–Trinajstić information content (AvgIpc) is 2.63. The van der Waals surface area contributed by atoms with E-state index in [4.69, 9.17) is 5.11 Å². The number of rotatable bonds is 5. The first kappa shape index (κ1) is 12.2. The van der Waals surface area contributed by atoms with Gasteiger partial charge >= 0.3 is 5.97 Å². The Hall–Kier alpha value is -0.880. The fraction of sp³-hybridized carbons (Fsp3) is 0.667. The molecular formula is C9H15NO4S. The van der Waals surface area contributed by atoms with E-state index < -0.39 is 22.0 Å². The Bertz CT molecular complexity index is 349. The van der Waals surface area contributed by atoms with Gasteiger partial charge in [0.05, 0.1) is 5.75 Å². The number of carbonyl (C=O) groups is 1. The van der Waals surface area contributed by atoms with Crippen LogP contribution in [-0.2, 0) is 14.8 Å². The summed E-state index contributed by atoms with van der Waals surface area (Å²) in [6.45, 7) is 3.76. The Balaban J connectivity index is 2.77. The van der Waals surface area contributed by atoms with Crippen LogP contribution in [0.15, 0.2) is 12.7 Å². The van der Waals surface area contributed by atoms with Crippen LogP contribution in [0.5, 0.6) is 0 Å². The minimum Gasteiger partial charge on any atom is -0.480 e. The molecule has 1 saturated heterocycles. The summed E-state index contributed by atoms with van der Waals surface area (Å²) in [4.78, 5) is 10.8. The van der Waals surface area contributed by atoms with E-state index in [0.29, 0.717) is 25.8 Å². The van der Waals surface area contributed by atoms with Crippen LogP contribution in [0, 0.1) is 0 Å². The summed E-state index contributed by atoms with van der Waals surface area (Å²) in [5.74, 6) is -1.12. The van der Waals surface area contributed by atoms with Gasteiger partial charge < -0.3 is 5.11 Å². The predicted molar refractivity (Wildman–Crippen MR) is 56.0 cm³/mol. The van der Waals surface area contributed by atoms with Gasteiger partial charge in [-0.3, -0.25) is 4.79 Å². The van der Waals surface area contributed by atoms with Gasteiger partial charge in [-0.15, -0.1) is 6.58 Å². The van der Waals surface area contributed by atoms with Crippen molar-refractivity contribution in [3.05, 3.63) is 12.7 Å². The molecule has 86 valence electrons. The second kappa shape index (κ2) is 4.76. The third-order valence-corrected chi connectivity index (χ3v) is 4.33. The molecule has 1 rings (SSSR count). The molecule has 0 aliphatic carbocycles. The highest BCUT2D eigenvalue weighted by atomic mass is 32.2. The topological polar surface area (TPSA) is 74.7 Å². The van der Waals surface area contributed by atoms with Gasteiger partial charge in [-0.05, 0) is 19.3 Å². The fourth-order valence-electron chi connectivity index (χ4n) is 1.67. The van der Waals surface area contributed by atoms with E-state index in [0.717, 1.165) is 4.31 Å². The van der Waals surface area contributed by atoms with E-state index in [9.17, 15) is 13.2 Å². The second-order valence-electron chi connectivity index (χ2n) is 3.50. The lowest BCUT2D eigenvalue weighted by molar-refractivity contribution is -0.140. The molecule has 5 nitrogen and oxygen atoms in total. The van der Waals surface area contributed by atoms with Gasteiger partial charge in [0.1, 0.15) is 6.04 Å². The van der Waals surface area contributed by atoms with Crippen molar-refractivity contribution in [2.24, 2.45) is 0 Å². The minimum absolute atomic E-state index is 0.0553. The zero-order chi connectivity index (χ0) is 11.5. The highest BCUT2D eigenvalue weighted by Gasteiger charge is 2.37. The number of sulfonamides is 1. The summed E-state index contributed by atoms with van der Waals surface area (Å²) < 4.78 is 24.5. The fourth-order valence-corrected chi connectivity index (χ4v) is 3.36. The normalized spacial score (nSPS) is 22.8. The first-order chi connectivity index (χ1) is 6.99. The number of hydrogen-bond donors (Lipinski definition) is 1. The molecule has 0 aromatic heterocycles. The summed E-state index contributed by atoms with van der Waals surface area (Å²) in [7, 11) is -3.44. The van der Waals surface area contributed by atoms with Crippen LogP contribution in [0.4, 0.5) is 0 Å². The van der Waals surface area contributed by atoms with Gasteiger partial charge in [0, 0.05) is 6.54 Å². The number of carboxylic acids is 1. The van der Waals surface area contributed by atoms with Gasteiger partial charge in [0.2, 0.25) is 10.0 Å². The molecule has 0 saturated carbocycles. The Morgan fingerprint density at radius 2 is 2.27 bits per heavy atom. The van der Waals surface area contributed by atoms with Crippen molar-refractivity contribution >= 4 is 16.0 Å². The minimum atomic E-state index is -3.44. The van der Waals surface area contributed by atoms with E-state index in [2.05, 4.69) is 6.58 Å². The monoisotopic (exact) mass is 233 g/mol. The first-order valence-corrected chi connectivity index (χ1v) is 6.43. The molecule has 15 heavy (non-hydrogen) atoms. The number of nitrogens with zero attached hydrogens (tertiary/aromatic N) is 1. The van der Waals surface area contributed by atoms with Gasteiger partial charge in [-0.1, -0.05) is 6.08 Å². The molecule has 0 unspecified atom stereocenters. The third-order valence-electron chi connectivity index (χ3n) is 2.43. The van der Waals surface area contributed by atoms with Crippen molar-refractivity contribution in [3.8, 4) is 0 Å². The van der Waals surface area contributed by atoms with Crippen LogP contribution in [0.1, 0.15) is 19.3 Å². The van der Waals surface area contributed by atoms with E-state index in [-0.39, 0.29) is 5.75 Å². The lowest BCUT2D eigenvalue weighted by Gasteiger charge is -2.20. The molecule has 1 atom stereocenters. The molecule has 1 fully saturated rings. The number of aliphatic carboxylic acids is 1. The van der Waals surface area contributed by atoms with E-state index in [1.54, 1.807) is 0 Å². The van der Waals surface area contributed by atoms with Gasteiger partial charge in [0.15, 0.2) is 0 Å².